The molecule has 1 saturated heterocycles. The zero-order chi connectivity index (χ0) is 24.3. The van der Waals surface area contributed by atoms with E-state index in [0.717, 1.165) is 11.3 Å². The third kappa shape index (κ3) is 5.13. The van der Waals surface area contributed by atoms with Crippen LogP contribution in [0.5, 0.6) is 5.75 Å². The molecule has 1 fully saturated rings. The van der Waals surface area contributed by atoms with Gasteiger partial charge in [0.05, 0.1) is 17.9 Å². The lowest BCUT2D eigenvalue weighted by molar-refractivity contribution is -0.126. The molecule has 0 bridgehead atoms. The van der Waals surface area contributed by atoms with Crippen molar-refractivity contribution in [3.63, 3.8) is 0 Å². The Kier molecular flexibility index (Phi) is 6.99. The van der Waals surface area contributed by atoms with E-state index in [1.807, 2.05) is 24.3 Å². The fourth-order valence-corrected chi connectivity index (χ4v) is 5.80. The van der Waals surface area contributed by atoms with Crippen molar-refractivity contribution in [2.24, 2.45) is 5.92 Å². The van der Waals surface area contributed by atoms with Crippen molar-refractivity contribution >= 4 is 15.9 Å². The molecule has 34 heavy (non-hydrogen) atoms. The van der Waals surface area contributed by atoms with Crippen LogP contribution in [0.15, 0.2) is 51.9 Å². The third-order valence-electron chi connectivity index (χ3n) is 5.97. The molecule has 1 aliphatic rings. The number of aryl methyl sites for hydroxylation is 2. The summed E-state index contributed by atoms with van der Waals surface area (Å²) in [6, 6.07) is 12.5. The average molecular weight is 485 g/mol. The van der Waals surface area contributed by atoms with Crippen molar-refractivity contribution < 1.29 is 22.5 Å². The molecule has 1 atom stereocenters. The topological polar surface area (TPSA) is 115 Å². The number of amides is 1. The Morgan fingerprint density at radius 3 is 2.65 bits per heavy atom. The molecule has 4 rings (SSSR count). The number of benzene rings is 2. The SMILES string of the molecule is COc1ccc(CNC(=O)[C@@H]2CCCN(S(=O)(=O)c3cc(-c4noc(C)n4)ccc3C)C2)cc1. The summed E-state index contributed by atoms with van der Waals surface area (Å²) in [7, 11) is -2.20. The Morgan fingerprint density at radius 2 is 1.97 bits per heavy atom. The summed E-state index contributed by atoms with van der Waals surface area (Å²) in [4.78, 5) is 17.2. The molecule has 1 aromatic heterocycles. The van der Waals surface area contributed by atoms with Gasteiger partial charge in [0.1, 0.15) is 5.75 Å². The Balaban J connectivity index is 1.47. The number of ether oxygens (including phenoxy) is 1. The summed E-state index contributed by atoms with van der Waals surface area (Å²) in [6.07, 6.45) is 1.25. The second-order valence-corrected chi connectivity index (χ2v) is 10.3. The molecular formula is C24H28N4O5S. The number of rotatable bonds is 7. The lowest BCUT2D eigenvalue weighted by atomic mass is 9.99. The molecule has 1 N–H and O–H groups in total. The van der Waals surface area contributed by atoms with Crippen LogP contribution >= 0.6 is 0 Å². The summed E-state index contributed by atoms with van der Waals surface area (Å²) in [5.74, 6) is 0.925. The summed E-state index contributed by atoms with van der Waals surface area (Å²) in [5.41, 5.74) is 2.13. The largest absolute Gasteiger partial charge is 0.497 e. The molecule has 1 aliphatic heterocycles. The third-order valence-corrected chi connectivity index (χ3v) is 7.98. The molecule has 0 saturated carbocycles. The van der Waals surface area contributed by atoms with Gasteiger partial charge in [0.25, 0.3) is 0 Å². The second-order valence-electron chi connectivity index (χ2n) is 8.39. The number of piperidine rings is 1. The maximum Gasteiger partial charge on any atom is 0.243 e. The number of carbonyl (C=O) groups is 1. The lowest BCUT2D eigenvalue weighted by Crippen LogP contribution is -2.45. The quantitative estimate of drug-likeness (QED) is 0.548. The van der Waals surface area contributed by atoms with Crippen LogP contribution in [0.3, 0.4) is 0 Å². The smallest absolute Gasteiger partial charge is 0.243 e. The zero-order valence-electron chi connectivity index (χ0n) is 19.4. The van der Waals surface area contributed by atoms with Crippen molar-refractivity contribution in [3.05, 3.63) is 59.5 Å². The zero-order valence-corrected chi connectivity index (χ0v) is 20.3. The Morgan fingerprint density at radius 1 is 1.21 bits per heavy atom. The second kappa shape index (κ2) is 9.94. The molecule has 9 nitrogen and oxygen atoms in total. The highest BCUT2D eigenvalue weighted by Gasteiger charge is 2.34. The van der Waals surface area contributed by atoms with E-state index in [1.54, 1.807) is 39.2 Å². The number of nitrogens with one attached hydrogen (secondary N) is 1. The van der Waals surface area contributed by atoms with Crippen LogP contribution in [-0.4, -0.2) is 49.0 Å². The van der Waals surface area contributed by atoms with Crippen molar-refractivity contribution in [2.75, 3.05) is 20.2 Å². The molecule has 0 radical (unpaired) electrons. The van der Waals surface area contributed by atoms with E-state index in [0.29, 0.717) is 48.8 Å². The summed E-state index contributed by atoms with van der Waals surface area (Å²) in [5, 5.41) is 6.82. The number of sulfonamides is 1. The first kappa shape index (κ1) is 23.9. The van der Waals surface area contributed by atoms with Gasteiger partial charge in [0.2, 0.25) is 27.6 Å². The van der Waals surface area contributed by atoms with Gasteiger partial charge in [-0.3, -0.25) is 4.79 Å². The predicted molar refractivity (Wildman–Crippen MR) is 126 cm³/mol. The van der Waals surface area contributed by atoms with Gasteiger partial charge >= 0.3 is 0 Å². The average Bonchev–Trinajstić information content (AvgIpc) is 3.29. The van der Waals surface area contributed by atoms with E-state index in [4.69, 9.17) is 9.26 Å². The number of hydrogen-bond donors (Lipinski definition) is 1. The summed E-state index contributed by atoms with van der Waals surface area (Å²) in [6.45, 7) is 4.31. The molecule has 1 amide bonds. The van der Waals surface area contributed by atoms with Gasteiger partial charge in [-0.15, -0.1) is 0 Å². The highest BCUT2D eigenvalue weighted by atomic mass is 32.2. The first-order valence-corrected chi connectivity index (χ1v) is 12.5. The van der Waals surface area contributed by atoms with E-state index in [2.05, 4.69) is 15.5 Å². The maximum atomic E-state index is 13.5. The lowest BCUT2D eigenvalue weighted by Gasteiger charge is -2.31. The van der Waals surface area contributed by atoms with E-state index >= 15 is 0 Å². The first-order valence-electron chi connectivity index (χ1n) is 11.1. The monoisotopic (exact) mass is 484 g/mol. The Labute approximate surface area is 199 Å². The van der Waals surface area contributed by atoms with Crippen LogP contribution in [0.1, 0.15) is 29.9 Å². The summed E-state index contributed by atoms with van der Waals surface area (Å²) < 4.78 is 38.6. The Hall–Kier alpha value is -3.24. The Bertz CT molecular complexity index is 1270. The van der Waals surface area contributed by atoms with Crippen LogP contribution in [0.2, 0.25) is 0 Å². The van der Waals surface area contributed by atoms with E-state index in [1.165, 1.54) is 4.31 Å². The molecular weight excluding hydrogens is 456 g/mol. The van der Waals surface area contributed by atoms with Crippen molar-refractivity contribution in [2.45, 2.75) is 38.1 Å². The fraction of sp³-hybridized carbons (Fsp3) is 0.375. The van der Waals surface area contributed by atoms with Crippen molar-refractivity contribution in [1.82, 2.24) is 19.8 Å². The highest BCUT2D eigenvalue weighted by molar-refractivity contribution is 7.89. The number of hydrogen-bond acceptors (Lipinski definition) is 7. The number of nitrogens with zero attached hydrogens (tertiary/aromatic N) is 3. The van der Waals surface area contributed by atoms with Crippen molar-refractivity contribution in [3.8, 4) is 17.1 Å². The minimum atomic E-state index is -3.80. The maximum absolute atomic E-state index is 13.5. The minimum Gasteiger partial charge on any atom is -0.497 e. The van der Waals surface area contributed by atoms with Crippen LogP contribution in [-0.2, 0) is 21.4 Å². The van der Waals surface area contributed by atoms with E-state index in [9.17, 15) is 13.2 Å². The highest BCUT2D eigenvalue weighted by Crippen LogP contribution is 2.29. The molecule has 0 unspecified atom stereocenters. The minimum absolute atomic E-state index is 0.141. The number of carbonyl (C=O) groups excluding carboxylic acids is 1. The fourth-order valence-electron chi connectivity index (χ4n) is 4.02. The molecule has 0 spiro atoms. The summed E-state index contributed by atoms with van der Waals surface area (Å²) >= 11 is 0. The van der Waals surface area contributed by atoms with Gasteiger partial charge < -0.3 is 14.6 Å². The van der Waals surface area contributed by atoms with E-state index < -0.39 is 15.9 Å². The molecule has 10 heteroatoms. The van der Waals surface area contributed by atoms with E-state index in [-0.39, 0.29) is 17.3 Å². The molecule has 3 aromatic rings. The van der Waals surface area contributed by atoms with Gasteiger partial charge in [-0.2, -0.15) is 9.29 Å². The molecule has 0 aliphatic carbocycles. The standard InChI is InChI=1S/C24H28N4O5S/c1-16-6-9-19(23-26-17(2)33-27-23)13-22(16)34(30,31)28-12-4-5-20(15-28)24(29)25-14-18-7-10-21(32-3)11-8-18/h6-11,13,20H,4-5,12,14-15H2,1-3H3,(H,25,29)/t20-/m1/s1. The molecule has 2 aromatic carbocycles. The molecule has 180 valence electrons. The van der Waals surface area contributed by atoms with Crippen LogP contribution in [0.25, 0.3) is 11.4 Å². The van der Waals surface area contributed by atoms with Crippen LogP contribution < -0.4 is 10.1 Å². The van der Waals surface area contributed by atoms with Crippen LogP contribution in [0, 0.1) is 19.8 Å². The van der Waals surface area contributed by atoms with Gasteiger partial charge in [-0.05, 0) is 49.1 Å². The first-order chi connectivity index (χ1) is 16.3. The molecule has 2 heterocycles. The van der Waals surface area contributed by atoms with Gasteiger partial charge in [0, 0.05) is 32.1 Å². The predicted octanol–water partition coefficient (Wildman–Crippen LogP) is 3.08. The number of aromatic nitrogens is 2. The normalized spacial score (nSPS) is 16.9. The van der Waals surface area contributed by atoms with Gasteiger partial charge in [0.15, 0.2) is 0 Å². The number of methoxy groups -OCH3 is 1. The van der Waals surface area contributed by atoms with Gasteiger partial charge in [-0.1, -0.05) is 29.4 Å². The van der Waals surface area contributed by atoms with Crippen LogP contribution in [0.4, 0.5) is 0 Å². The van der Waals surface area contributed by atoms with Crippen molar-refractivity contribution in [1.29, 1.82) is 0 Å². The van der Waals surface area contributed by atoms with Gasteiger partial charge in [-0.25, -0.2) is 8.42 Å².